The summed E-state index contributed by atoms with van der Waals surface area (Å²) in [5.74, 6) is 0.652. The van der Waals surface area contributed by atoms with Crippen LogP contribution in [0.25, 0.3) is 0 Å². The van der Waals surface area contributed by atoms with Crippen LogP contribution in [-0.4, -0.2) is 16.4 Å². The van der Waals surface area contributed by atoms with Gasteiger partial charge in [0.05, 0.1) is 0 Å². The number of hydrogen-bond acceptors (Lipinski definition) is 3. The van der Waals surface area contributed by atoms with Crippen LogP contribution >= 0.6 is 27.3 Å². The van der Waals surface area contributed by atoms with Crippen LogP contribution in [0.5, 0.6) is 0 Å². The zero-order valence-corrected chi connectivity index (χ0v) is 10.4. The van der Waals surface area contributed by atoms with Gasteiger partial charge in [-0.05, 0) is 5.92 Å². The van der Waals surface area contributed by atoms with E-state index in [1.165, 1.54) is 0 Å². The van der Waals surface area contributed by atoms with E-state index in [0.717, 1.165) is 16.9 Å². The minimum Gasteiger partial charge on any atom is -0.307 e. The molecule has 0 fully saturated rings. The first-order valence-electron chi connectivity index (χ1n) is 4.41. The molecule has 0 aliphatic heterocycles. The van der Waals surface area contributed by atoms with E-state index in [-0.39, 0.29) is 0 Å². The molecule has 0 spiro atoms. The summed E-state index contributed by atoms with van der Waals surface area (Å²) in [6.45, 7) is 5.33. The van der Waals surface area contributed by atoms with Crippen LogP contribution in [0.2, 0.25) is 0 Å². The second kappa shape index (κ2) is 5.73. The van der Waals surface area contributed by atoms with E-state index in [1.807, 2.05) is 11.6 Å². The Kier molecular flexibility index (Phi) is 4.91. The maximum atomic E-state index is 4.22. The number of halogens is 1. The smallest absolute Gasteiger partial charge is 0.106 e. The van der Waals surface area contributed by atoms with E-state index < -0.39 is 0 Å². The lowest BCUT2D eigenvalue weighted by molar-refractivity contribution is 0.433. The number of nitrogens with one attached hydrogen (secondary N) is 1. The molecule has 0 saturated heterocycles. The summed E-state index contributed by atoms with van der Waals surface area (Å²) >= 11 is 5.20. The van der Waals surface area contributed by atoms with Crippen molar-refractivity contribution in [2.45, 2.75) is 26.4 Å². The largest absolute Gasteiger partial charge is 0.307 e. The van der Waals surface area contributed by atoms with Crippen molar-refractivity contribution in [1.82, 2.24) is 10.3 Å². The van der Waals surface area contributed by atoms with E-state index >= 15 is 0 Å². The molecule has 1 aromatic rings. The zero-order valence-electron chi connectivity index (χ0n) is 7.96. The van der Waals surface area contributed by atoms with Crippen LogP contribution in [0.15, 0.2) is 11.6 Å². The van der Waals surface area contributed by atoms with Crippen molar-refractivity contribution in [1.29, 1.82) is 0 Å². The van der Waals surface area contributed by atoms with Gasteiger partial charge in [-0.2, -0.15) is 0 Å². The highest BCUT2D eigenvalue weighted by atomic mass is 79.9. The van der Waals surface area contributed by atoms with Gasteiger partial charge in [0.15, 0.2) is 0 Å². The molecule has 0 bridgehead atoms. The van der Waals surface area contributed by atoms with Gasteiger partial charge in [0.2, 0.25) is 0 Å². The van der Waals surface area contributed by atoms with E-state index in [4.69, 9.17) is 0 Å². The molecule has 74 valence electrons. The first-order valence-corrected chi connectivity index (χ1v) is 6.42. The highest BCUT2D eigenvalue weighted by Crippen LogP contribution is 2.08. The maximum Gasteiger partial charge on any atom is 0.106 e. The van der Waals surface area contributed by atoms with E-state index in [2.05, 4.69) is 40.1 Å². The first kappa shape index (κ1) is 11.1. The number of alkyl halides is 1. The quantitative estimate of drug-likeness (QED) is 0.826. The Labute approximate surface area is 91.9 Å². The Morgan fingerprint density at radius 3 is 2.85 bits per heavy atom. The number of hydrogen-bond donors (Lipinski definition) is 1. The summed E-state index contributed by atoms with van der Waals surface area (Å²) in [6.07, 6.45) is 1.85. The topological polar surface area (TPSA) is 24.9 Å². The fraction of sp³-hybridized carbons (Fsp3) is 0.667. The van der Waals surface area contributed by atoms with Crippen LogP contribution in [0, 0.1) is 5.92 Å². The number of aromatic nitrogens is 1. The van der Waals surface area contributed by atoms with Crippen LogP contribution in [0.4, 0.5) is 0 Å². The molecular formula is C9H15BrN2S. The molecule has 1 unspecified atom stereocenters. The van der Waals surface area contributed by atoms with Gasteiger partial charge in [0, 0.05) is 29.5 Å². The third-order valence-electron chi connectivity index (χ3n) is 1.97. The second-order valence-corrected chi connectivity index (χ2v) is 4.94. The van der Waals surface area contributed by atoms with Gasteiger partial charge in [-0.1, -0.05) is 29.8 Å². The molecule has 1 atom stereocenters. The highest BCUT2D eigenvalue weighted by Gasteiger charge is 2.10. The van der Waals surface area contributed by atoms with Crippen LogP contribution in [0.1, 0.15) is 18.9 Å². The Balaban J connectivity index is 2.32. The molecule has 1 aromatic heterocycles. The lowest BCUT2D eigenvalue weighted by atomic mass is 10.1. The molecular weight excluding hydrogens is 248 g/mol. The van der Waals surface area contributed by atoms with Crippen molar-refractivity contribution in [2.75, 3.05) is 5.33 Å². The van der Waals surface area contributed by atoms with Crippen LogP contribution < -0.4 is 5.32 Å². The Hall–Kier alpha value is 0.0700. The third kappa shape index (κ3) is 3.75. The molecule has 13 heavy (non-hydrogen) atoms. The van der Waals surface area contributed by atoms with E-state index in [0.29, 0.717) is 12.0 Å². The van der Waals surface area contributed by atoms with Crippen molar-refractivity contribution in [3.05, 3.63) is 16.6 Å². The fourth-order valence-corrected chi connectivity index (χ4v) is 2.57. The van der Waals surface area contributed by atoms with Gasteiger partial charge in [0.1, 0.15) is 5.01 Å². The van der Waals surface area contributed by atoms with Crippen molar-refractivity contribution in [3.63, 3.8) is 0 Å². The van der Waals surface area contributed by atoms with E-state index in [9.17, 15) is 0 Å². The van der Waals surface area contributed by atoms with Crippen LogP contribution in [0.3, 0.4) is 0 Å². The molecule has 1 rings (SSSR count). The van der Waals surface area contributed by atoms with Gasteiger partial charge in [-0.25, -0.2) is 4.98 Å². The number of rotatable bonds is 5. The summed E-state index contributed by atoms with van der Waals surface area (Å²) in [7, 11) is 0. The summed E-state index contributed by atoms with van der Waals surface area (Å²) in [5.41, 5.74) is 0. The summed E-state index contributed by atoms with van der Waals surface area (Å²) in [4.78, 5) is 4.22. The second-order valence-electron chi connectivity index (χ2n) is 3.31. The van der Waals surface area contributed by atoms with Crippen molar-refractivity contribution >= 4 is 27.3 Å². The summed E-state index contributed by atoms with van der Waals surface area (Å²) in [6, 6.07) is 0.531. The molecule has 2 nitrogen and oxygen atoms in total. The first-order chi connectivity index (χ1) is 6.24. The molecule has 0 aliphatic carbocycles. The fourth-order valence-electron chi connectivity index (χ4n) is 1.03. The average Bonchev–Trinajstić information content (AvgIpc) is 2.57. The van der Waals surface area contributed by atoms with Gasteiger partial charge in [-0.15, -0.1) is 11.3 Å². The zero-order chi connectivity index (χ0) is 9.68. The summed E-state index contributed by atoms with van der Waals surface area (Å²) < 4.78 is 0. The lowest BCUT2D eigenvalue weighted by Crippen LogP contribution is -2.34. The standard InChI is InChI=1S/C9H15BrN2S/c1-7(2)8(5-10)12-6-9-11-3-4-13-9/h3-4,7-8,12H,5-6H2,1-2H3. The predicted octanol–water partition coefficient (Wildman–Crippen LogP) is 2.65. The molecule has 1 heterocycles. The Morgan fingerprint density at radius 1 is 1.62 bits per heavy atom. The molecule has 0 saturated carbocycles. The molecule has 0 amide bonds. The third-order valence-corrected chi connectivity index (χ3v) is 3.45. The number of nitrogens with zero attached hydrogens (tertiary/aromatic N) is 1. The Morgan fingerprint density at radius 2 is 2.38 bits per heavy atom. The molecule has 0 aromatic carbocycles. The minimum absolute atomic E-state index is 0.531. The van der Waals surface area contributed by atoms with Gasteiger partial charge in [0.25, 0.3) is 0 Å². The summed E-state index contributed by atoms with van der Waals surface area (Å²) in [5, 5.41) is 7.64. The minimum atomic E-state index is 0.531. The molecule has 4 heteroatoms. The van der Waals surface area contributed by atoms with Gasteiger partial charge >= 0.3 is 0 Å². The van der Waals surface area contributed by atoms with Crippen molar-refractivity contribution < 1.29 is 0 Å². The monoisotopic (exact) mass is 262 g/mol. The van der Waals surface area contributed by atoms with Gasteiger partial charge < -0.3 is 5.32 Å². The highest BCUT2D eigenvalue weighted by molar-refractivity contribution is 9.09. The molecule has 1 N–H and O–H groups in total. The normalized spacial score (nSPS) is 13.5. The molecule has 0 aliphatic rings. The van der Waals surface area contributed by atoms with E-state index in [1.54, 1.807) is 11.3 Å². The predicted molar refractivity (Wildman–Crippen MR) is 61.4 cm³/mol. The van der Waals surface area contributed by atoms with Crippen LogP contribution in [-0.2, 0) is 6.54 Å². The average molecular weight is 263 g/mol. The Bertz CT molecular complexity index is 224. The molecule has 0 radical (unpaired) electrons. The van der Waals surface area contributed by atoms with Gasteiger partial charge in [-0.3, -0.25) is 0 Å². The maximum absolute atomic E-state index is 4.22. The van der Waals surface area contributed by atoms with Crippen molar-refractivity contribution in [2.24, 2.45) is 5.92 Å². The number of thiazole rings is 1. The van der Waals surface area contributed by atoms with Crippen molar-refractivity contribution in [3.8, 4) is 0 Å². The lowest BCUT2D eigenvalue weighted by Gasteiger charge is -2.18. The SMILES string of the molecule is CC(C)C(CBr)NCc1nccs1.